The van der Waals surface area contributed by atoms with Crippen molar-refractivity contribution in [2.45, 2.75) is 84.3 Å². The summed E-state index contributed by atoms with van der Waals surface area (Å²) in [5.41, 5.74) is -2.02. The first-order valence-corrected chi connectivity index (χ1v) is 8.98. The van der Waals surface area contributed by atoms with Gasteiger partial charge in [-0.25, -0.2) is 0 Å². The standard InChI is InChI=1S/C20H34O3/c1-7-18(4,22)11-8-15-19(5)12-10-16(21)17(2,3)14(19)9-13-20(15,6)23/h7,14-15,22-23H,1,8-13H2,2-6H3/t14-,15+,18-,19-,20+/m1/s1. The van der Waals surface area contributed by atoms with E-state index < -0.39 is 11.2 Å². The van der Waals surface area contributed by atoms with Gasteiger partial charge in [0.25, 0.3) is 0 Å². The summed E-state index contributed by atoms with van der Waals surface area (Å²) in [6.07, 6.45) is 6.00. The normalized spacial score (nSPS) is 42.7. The topological polar surface area (TPSA) is 57.5 Å². The van der Waals surface area contributed by atoms with Gasteiger partial charge in [0.1, 0.15) is 5.78 Å². The minimum Gasteiger partial charge on any atom is -0.390 e. The highest BCUT2D eigenvalue weighted by molar-refractivity contribution is 5.85. The quantitative estimate of drug-likeness (QED) is 0.772. The number of hydrogen-bond donors (Lipinski definition) is 2. The van der Waals surface area contributed by atoms with Gasteiger partial charge < -0.3 is 10.2 Å². The van der Waals surface area contributed by atoms with Gasteiger partial charge in [0.05, 0.1) is 11.2 Å². The second kappa shape index (κ2) is 5.70. The molecule has 0 aromatic heterocycles. The molecule has 0 saturated heterocycles. The summed E-state index contributed by atoms with van der Waals surface area (Å²) in [5.74, 6) is 0.751. The van der Waals surface area contributed by atoms with Gasteiger partial charge in [-0.2, -0.15) is 0 Å². The van der Waals surface area contributed by atoms with E-state index in [1.54, 1.807) is 13.0 Å². The zero-order valence-corrected chi connectivity index (χ0v) is 15.5. The van der Waals surface area contributed by atoms with E-state index in [9.17, 15) is 15.0 Å². The van der Waals surface area contributed by atoms with Crippen molar-refractivity contribution in [1.82, 2.24) is 0 Å². The molecule has 0 heterocycles. The number of fused-ring (bicyclic) bond motifs is 1. The molecule has 2 aliphatic rings. The largest absolute Gasteiger partial charge is 0.390 e. The number of ketones is 1. The average Bonchev–Trinajstić information content (AvgIpc) is 2.42. The summed E-state index contributed by atoms with van der Waals surface area (Å²) in [6.45, 7) is 13.8. The van der Waals surface area contributed by atoms with Crippen LogP contribution in [0.1, 0.15) is 73.1 Å². The Morgan fingerprint density at radius 2 is 1.91 bits per heavy atom. The Morgan fingerprint density at radius 3 is 2.48 bits per heavy atom. The third kappa shape index (κ3) is 3.15. The van der Waals surface area contributed by atoms with Crippen molar-refractivity contribution < 1.29 is 15.0 Å². The van der Waals surface area contributed by atoms with Crippen LogP contribution >= 0.6 is 0 Å². The van der Waals surface area contributed by atoms with Gasteiger partial charge in [-0.1, -0.05) is 26.8 Å². The molecular weight excluding hydrogens is 288 g/mol. The van der Waals surface area contributed by atoms with Crippen molar-refractivity contribution in [2.24, 2.45) is 22.7 Å². The molecule has 2 aliphatic carbocycles. The SMILES string of the molecule is C=C[C@@](C)(O)CC[C@H]1[C@]2(C)CCC(=O)C(C)(C)[C@H]2CC[C@]1(C)O. The molecule has 0 aromatic rings. The number of hydrogen-bond acceptors (Lipinski definition) is 3. The van der Waals surface area contributed by atoms with Crippen LogP contribution in [0.15, 0.2) is 12.7 Å². The summed E-state index contributed by atoms with van der Waals surface area (Å²) in [5, 5.41) is 21.3. The number of carbonyl (C=O) groups excluding carboxylic acids is 1. The lowest BCUT2D eigenvalue weighted by atomic mass is 9.44. The smallest absolute Gasteiger partial charge is 0.138 e. The van der Waals surface area contributed by atoms with Crippen LogP contribution in [0.2, 0.25) is 0 Å². The molecule has 0 amide bonds. The Labute approximate surface area is 141 Å². The highest BCUT2D eigenvalue weighted by Gasteiger charge is 2.60. The summed E-state index contributed by atoms with van der Waals surface area (Å²) in [4.78, 5) is 12.4. The maximum absolute atomic E-state index is 12.4. The van der Waals surface area contributed by atoms with E-state index in [-0.39, 0.29) is 16.7 Å². The number of carbonyl (C=O) groups is 1. The van der Waals surface area contributed by atoms with Crippen LogP contribution in [0.3, 0.4) is 0 Å². The fraction of sp³-hybridized carbons (Fsp3) is 0.850. The molecule has 2 N–H and O–H groups in total. The van der Waals surface area contributed by atoms with Crippen molar-refractivity contribution >= 4 is 5.78 Å². The first kappa shape index (κ1) is 18.7. The molecule has 0 aromatic carbocycles. The van der Waals surface area contributed by atoms with Crippen LogP contribution in [-0.4, -0.2) is 27.2 Å². The first-order valence-electron chi connectivity index (χ1n) is 8.98. The summed E-state index contributed by atoms with van der Waals surface area (Å²) < 4.78 is 0. The second-order valence-electron chi connectivity index (χ2n) is 9.25. The zero-order valence-electron chi connectivity index (χ0n) is 15.5. The van der Waals surface area contributed by atoms with E-state index in [4.69, 9.17) is 0 Å². The van der Waals surface area contributed by atoms with Gasteiger partial charge >= 0.3 is 0 Å². The van der Waals surface area contributed by atoms with Gasteiger partial charge in [-0.3, -0.25) is 4.79 Å². The average molecular weight is 322 g/mol. The van der Waals surface area contributed by atoms with E-state index >= 15 is 0 Å². The lowest BCUT2D eigenvalue weighted by Crippen LogP contribution is -2.59. The number of rotatable bonds is 4. The third-order valence-electron chi connectivity index (χ3n) is 7.14. The zero-order chi connectivity index (χ0) is 17.7. The molecule has 0 unspecified atom stereocenters. The van der Waals surface area contributed by atoms with Crippen LogP contribution in [0.5, 0.6) is 0 Å². The van der Waals surface area contributed by atoms with Crippen LogP contribution in [-0.2, 0) is 4.79 Å². The molecule has 0 bridgehead atoms. The van der Waals surface area contributed by atoms with Crippen molar-refractivity contribution in [1.29, 1.82) is 0 Å². The van der Waals surface area contributed by atoms with E-state index in [2.05, 4.69) is 27.4 Å². The van der Waals surface area contributed by atoms with E-state index in [1.807, 2.05) is 6.92 Å². The third-order valence-corrected chi connectivity index (χ3v) is 7.14. The van der Waals surface area contributed by atoms with Gasteiger partial charge in [-0.05, 0) is 63.2 Å². The Balaban J connectivity index is 2.33. The van der Waals surface area contributed by atoms with Crippen molar-refractivity contribution in [3.8, 4) is 0 Å². The summed E-state index contributed by atoms with van der Waals surface area (Å²) >= 11 is 0. The minimum atomic E-state index is -0.903. The van der Waals surface area contributed by atoms with E-state index in [1.165, 1.54) is 0 Å². The predicted molar refractivity (Wildman–Crippen MR) is 93.0 cm³/mol. The number of Topliss-reactive ketones (excluding diaryl/α,β-unsaturated/α-hetero) is 1. The summed E-state index contributed by atoms with van der Waals surface area (Å²) in [6, 6.07) is 0. The van der Waals surface area contributed by atoms with Crippen LogP contribution < -0.4 is 0 Å². The van der Waals surface area contributed by atoms with Crippen molar-refractivity contribution in [2.75, 3.05) is 0 Å². The van der Waals surface area contributed by atoms with Crippen LogP contribution in [0.25, 0.3) is 0 Å². The molecule has 0 aliphatic heterocycles. The Hall–Kier alpha value is -0.670. The monoisotopic (exact) mass is 322 g/mol. The van der Waals surface area contributed by atoms with Crippen molar-refractivity contribution in [3.05, 3.63) is 12.7 Å². The molecule has 2 rings (SSSR count). The maximum atomic E-state index is 12.4. The fourth-order valence-electron chi connectivity index (χ4n) is 5.51. The fourth-order valence-corrected chi connectivity index (χ4v) is 5.51. The lowest BCUT2D eigenvalue weighted by molar-refractivity contribution is -0.179. The Morgan fingerprint density at radius 1 is 1.30 bits per heavy atom. The molecule has 3 nitrogen and oxygen atoms in total. The molecule has 0 radical (unpaired) electrons. The molecule has 0 spiro atoms. The van der Waals surface area contributed by atoms with E-state index in [0.717, 1.165) is 25.7 Å². The highest BCUT2D eigenvalue weighted by atomic mass is 16.3. The van der Waals surface area contributed by atoms with Gasteiger partial charge in [0.15, 0.2) is 0 Å². The van der Waals surface area contributed by atoms with Crippen molar-refractivity contribution in [3.63, 3.8) is 0 Å². The molecule has 2 saturated carbocycles. The number of aliphatic hydroxyl groups is 2. The van der Waals surface area contributed by atoms with Gasteiger partial charge in [0, 0.05) is 11.8 Å². The molecule has 23 heavy (non-hydrogen) atoms. The highest BCUT2D eigenvalue weighted by Crippen LogP contribution is 2.62. The van der Waals surface area contributed by atoms with E-state index in [0.29, 0.717) is 24.5 Å². The summed E-state index contributed by atoms with van der Waals surface area (Å²) in [7, 11) is 0. The maximum Gasteiger partial charge on any atom is 0.138 e. The molecular formula is C20H34O3. The molecule has 5 atom stereocenters. The van der Waals surface area contributed by atoms with Crippen LogP contribution in [0, 0.1) is 22.7 Å². The Bertz CT molecular complexity index is 489. The Kier molecular flexibility index (Phi) is 4.63. The van der Waals surface area contributed by atoms with Gasteiger partial charge in [0.2, 0.25) is 0 Å². The molecule has 2 fully saturated rings. The second-order valence-corrected chi connectivity index (χ2v) is 9.25. The van der Waals surface area contributed by atoms with Gasteiger partial charge in [-0.15, -0.1) is 6.58 Å². The lowest BCUT2D eigenvalue weighted by Gasteiger charge is -2.60. The predicted octanol–water partition coefficient (Wildman–Crippen LogP) is 3.88. The minimum absolute atomic E-state index is 0.0591. The first-order chi connectivity index (χ1) is 10.4. The molecule has 3 heteroatoms. The molecule has 132 valence electrons. The van der Waals surface area contributed by atoms with Crippen LogP contribution in [0.4, 0.5) is 0 Å².